The van der Waals surface area contributed by atoms with Crippen LogP contribution in [0.15, 0.2) is 35.4 Å². The van der Waals surface area contributed by atoms with Gasteiger partial charge < -0.3 is 10.3 Å². The van der Waals surface area contributed by atoms with E-state index in [4.69, 9.17) is 5.73 Å². The van der Waals surface area contributed by atoms with Crippen LogP contribution in [0.1, 0.15) is 5.69 Å². The molecule has 0 aliphatic heterocycles. The maximum absolute atomic E-state index is 11.5. The van der Waals surface area contributed by atoms with Gasteiger partial charge in [0.05, 0.1) is 12.2 Å². The molecule has 2 aromatic rings. The van der Waals surface area contributed by atoms with Crippen molar-refractivity contribution in [1.82, 2.24) is 14.3 Å². The maximum Gasteiger partial charge on any atom is 0.250 e. The van der Waals surface area contributed by atoms with Gasteiger partial charge in [-0.2, -0.15) is 5.10 Å². The lowest BCUT2D eigenvalue weighted by molar-refractivity contribution is 0.522. The first-order chi connectivity index (χ1) is 7.65. The maximum atomic E-state index is 11.5. The number of pyridine rings is 1. The van der Waals surface area contributed by atoms with Gasteiger partial charge in [-0.15, -0.1) is 0 Å². The molecule has 5 heteroatoms. The van der Waals surface area contributed by atoms with Crippen molar-refractivity contribution in [3.8, 4) is 0 Å². The lowest BCUT2D eigenvalue weighted by atomic mass is 10.4. The average Bonchev–Trinajstić information content (AvgIpc) is 2.66. The van der Waals surface area contributed by atoms with Gasteiger partial charge in [-0.25, -0.2) is 0 Å². The summed E-state index contributed by atoms with van der Waals surface area (Å²) >= 11 is 0. The molecule has 2 rings (SSSR count). The van der Waals surface area contributed by atoms with Crippen LogP contribution in [-0.4, -0.2) is 14.3 Å². The molecular formula is C11H14N4O. The summed E-state index contributed by atoms with van der Waals surface area (Å²) in [5, 5.41) is 4.25. The normalized spacial score (nSPS) is 10.6. The second kappa shape index (κ2) is 4.22. The fraction of sp³-hybridized carbons (Fsp3) is 0.273. The number of aromatic nitrogens is 3. The predicted octanol–water partition coefficient (Wildman–Crippen LogP) is 0.636. The molecule has 0 saturated carbocycles. The summed E-state index contributed by atoms with van der Waals surface area (Å²) < 4.78 is 3.40. The number of hydrogen-bond acceptors (Lipinski definition) is 3. The molecule has 0 aromatic carbocycles. The largest absolute Gasteiger partial charge is 0.398 e. The Labute approximate surface area is 93.1 Å². The lowest BCUT2D eigenvalue weighted by Gasteiger charge is -2.06. The average molecular weight is 218 g/mol. The molecule has 84 valence electrons. The standard InChI is InChI=1S/C11H14N4O/c1-9-4-5-15(13-9)7-6-14-8-10(12)2-3-11(14)16/h2-5,8H,6-7,12H2,1H3. The highest BCUT2D eigenvalue weighted by molar-refractivity contribution is 5.33. The van der Waals surface area contributed by atoms with Crippen molar-refractivity contribution in [2.24, 2.45) is 0 Å². The Morgan fingerprint density at radius 1 is 1.31 bits per heavy atom. The Bertz CT molecular complexity index is 541. The number of anilines is 1. The van der Waals surface area contributed by atoms with E-state index in [0.717, 1.165) is 5.69 Å². The van der Waals surface area contributed by atoms with E-state index in [9.17, 15) is 4.79 Å². The molecule has 2 aromatic heterocycles. The topological polar surface area (TPSA) is 65.8 Å². The third kappa shape index (κ3) is 2.31. The van der Waals surface area contributed by atoms with Gasteiger partial charge in [-0.05, 0) is 19.1 Å². The SMILES string of the molecule is Cc1ccn(CCn2cc(N)ccc2=O)n1. The first kappa shape index (κ1) is 10.5. The van der Waals surface area contributed by atoms with Crippen molar-refractivity contribution < 1.29 is 0 Å². The summed E-state index contributed by atoms with van der Waals surface area (Å²) in [6.45, 7) is 3.17. The van der Waals surface area contributed by atoms with Crippen molar-refractivity contribution >= 4 is 5.69 Å². The third-order valence-electron chi connectivity index (χ3n) is 2.35. The second-order valence-corrected chi connectivity index (χ2v) is 3.71. The summed E-state index contributed by atoms with van der Waals surface area (Å²) in [7, 11) is 0. The van der Waals surface area contributed by atoms with Gasteiger partial charge >= 0.3 is 0 Å². The van der Waals surface area contributed by atoms with E-state index in [1.54, 1.807) is 16.8 Å². The van der Waals surface area contributed by atoms with E-state index in [2.05, 4.69) is 5.10 Å². The van der Waals surface area contributed by atoms with Gasteiger partial charge in [0.2, 0.25) is 0 Å². The number of nitrogens with two attached hydrogens (primary N) is 1. The molecule has 0 fully saturated rings. The van der Waals surface area contributed by atoms with Crippen LogP contribution >= 0.6 is 0 Å². The summed E-state index contributed by atoms with van der Waals surface area (Å²) in [6.07, 6.45) is 3.55. The zero-order chi connectivity index (χ0) is 11.5. The Morgan fingerprint density at radius 3 is 2.81 bits per heavy atom. The highest BCUT2D eigenvalue weighted by Crippen LogP contribution is 1.97. The monoisotopic (exact) mass is 218 g/mol. The van der Waals surface area contributed by atoms with Crippen LogP contribution in [0.3, 0.4) is 0 Å². The van der Waals surface area contributed by atoms with E-state index >= 15 is 0 Å². The van der Waals surface area contributed by atoms with E-state index < -0.39 is 0 Å². The summed E-state index contributed by atoms with van der Waals surface area (Å²) in [5.74, 6) is 0. The zero-order valence-electron chi connectivity index (χ0n) is 9.13. The Balaban J connectivity index is 2.10. The quantitative estimate of drug-likeness (QED) is 0.822. The Morgan fingerprint density at radius 2 is 2.12 bits per heavy atom. The van der Waals surface area contributed by atoms with E-state index in [0.29, 0.717) is 18.8 Å². The van der Waals surface area contributed by atoms with Crippen molar-refractivity contribution in [1.29, 1.82) is 0 Å². The molecule has 0 atom stereocenters. The highest BCUT2D eigenvalue weighted by atomic mass is 16.1. The summed E-state index contributed by atoms with van der Waals surface area (Å²) in [5.41, 5.74) is 7.14. The molecule has 0 amide bonds. The number of nitrogens with zero attached hydrogens (tertiary/aromatic N) is 3. The van der Waals surface area contributed by atoms with Gasteiger partial charge in [0.25, 0.3) is 5.56 Å². The Hall–Kier alpha value is -2.04. The first-order valence-electron chi connectivity index (χ1n) is 5.11. The van der Waals surface area contributed by atoms with Crippen LogP contribution in [-0.2, 0) is 13.1 Å². The van der Waals surface area contributed by atoms with Crippen molar-refractivity contribution in [2.75, 3.05) is 5.73 Å². The molecule has 16 heavy (non-hydrogen) atoms. The van der Waals surface area contributed by atoms with E-state index in [-0.39, 0.29) is 5.56 Å². The summed E-state index contributed by atoms with van der Waals surface area (Å²) in [6, 6.07) is 5.02. The van der Waals surface area contributed by atoms with Crippen LogP contribution in [0.4, 0.5) is 5.69 Å². The molecule has 5 nitrogen and oxygen atoms in total. The molecule has 0 bridgehead atoms. The van der Waals surface area contributed by atoms with Gasteiger partial charge in [-0.3, -0.25) is 9.48 Å². The smallest absolute Gasteiger partial charge is 0.250 e. The summed E-state index contributed by atoms with van der Waals surface area (Å²) in [4.78, 5) is 11.5. The van der Waals surface area contributed by atoms with Crippen LogP contribution < -0.4 is 11.3 Å². The van der Waals surface area contributed by atoms with Gasteiger partial charge in [0.15, 0.2) is 0 Å². The molecule has 0 spiro atoms. The molecule has 2 N–H and O–H groups in total. The number of rotatable bonds is 3. The first-order valence-corrected chi connectivity index (χ1v) is 5.11. The minimum Gasteiger partial charge on any atom is -0.398 e. The fourth-order valence-corrected chi connectivity index (χ4v) is 1.52. The fourth-order valence-electron chi connectivity index (χ4n) is 1.52. The third-order valence-corrected chi connectivity index (χ3v) is 2.35. The van der Waals surface area contributed by atoms with Crippen molar-refractivity contribution in [3.63, 3.8) is 0 Å². The predicted molar refractivity (Wildman–Crippen MR) is 62.1 cm³/mol. The minimum atomic E-state index is -0.0434. The van der Waals surface area contributed by atoms with Crippen LogP contribution in [0.25, 0.3) is 0 Å². The molecule has 0 aliphatic carbocycles. The van der Waals surface area contributed by atoms with Gasteiger partial charge in [0.1, 0.15) is 0 Å². The van der Waals surface area contributed by atoms with E-state index in [1.807, 2.05) is 23.9 Å². The lowest BCUT2D eigenvalue weighted by Crippen LogP contribution is -2.21. The minimum absolute atomic E-state index is 0.0434. The molecule has 0 saturated heterocycles. The molecular weight excluding hydrogens is 204 g/mol. The molecule has 2 heterocycles. The molecule has 0 aliphatic rings. The zero-order valence-corrected chi connectivity index (χ0v) is 9.13. The van der Waals surface area contributed by atoms with E-state index in [1.165, 1.54) is 6.07 Å². The van der Waals surface area contributed by atoms with Gasteiger partial charge in [0, 0.05) is 30.7 Å². The van der Waals surface area contributed by atoms with Gasteiger partial charge in [-0.1, -0.05) is 0 Å². The van der Waals surface area contributed by atoms with Crippen molar-refractivity contribution in [2.45, 2.75) is 20.0 Å². The Kier molecular flexibility index (Phi) is 2.76. The van der Waals surface area contributed by atoms with Crippen LogP contribution in [0.2, 0.25) is 0 Å². The number of nitrogen functional groups attached to an aromatic ring is 1. The molecule has 0 radical (unpaired) electrons. The molecule has 0 unspecified atom stereocenters. The van der Waals surface area contributed by atoms with Crippen molar-refractivity contribution in [3.05, 3.63) is 46.6 Å². The number of hydrogen-bond donors (Lipinski definition) is 1. The highest BCUT2D eigenvalue weighted by Gasteiger charge is 1.98. The second-order valence-electron chi connectivity index (χ2n) is 3.71. The van der Waals surface area contributed by atoms with Crippen LogP contribution in [0.5, 0.6) is 0 Å². The van der Waals surface area contributed by atoms with Crippen LogP contribution in [0, 0.1) is 6.92 Å². The number of aryl methyl sites for hydroxylation is 3.